The average molecular weight is 549 g/mol. The lowest BCUT2D eigenvalue weighted by Crippen LogP contribution is -2.39. The number of thiazole rings is 1. The Morgan fingerprint density at radius 1 is 1.17 bits per heavy atom. The number of methoxy groups -OCH3 is 2. The second-order valence-electron chi connectivity index (χ2n) is 8.59. The molecule has 0 radical (unpaired) electrons. The number of carbonyl (C=O) groups is 2. The summed E-state index contributed by atoms with van der Waals surface area (Å²) in [5, 5.41) is 0.794. The first-order valence-corrected chi connectivity index (χ1v) is 14.0. The maximum Gasteiger partial charge on any atom is 0.233 e. The third kappa shape index (κ3) is 7.16. The fraction of sp³-hybridized carbons (Fsp3) is 0.444. The Balaban J connectivity index is 0.000000840. The molecule has 1 aliphatic rings. The Bertz CT molecular complexity index is 1140. The molecule has 9 heteroatoms. The van der Waals surface area contributed by atoms with Crippen LogP contribution in [0.3, 0.4) is 0 Å². The third-order valence-corrected chi connectivity index (χ3v) is 8.43. The van der Waals surface area contributed by atoms with Crippen molar-refractivity contribution in [2.24, 2.45) is 0 Å². The zero-order valence-electron chi connectivity index (χ0n) is 21.2. The Hall–Kier alpha value is -2.26. The molecule has 194 valence electrons. The van der Waals surface area contributed by atoms with Gasteiger partial charge in [0.25, 0.3) is 0 Å². The number of aromatic nitrogens is 1. The second kappa shape index (κ2) is 13.3. The van der Waals surface area contributed by atoms with Crippen LogP contribution < -0.4 is 4.74 Å². The summed E-state index contributed by atoms with van der Waals surface area (Å²) >= 11 is 9.12. The van der Waals surface area contributed by atoms with Crippen molar-refractivity contribution in [3.63, 3.8) is 0 Å². The van der Waals surface area contributed by atoms with E-state index in [9.17, 15) is 9.59 Å². The SMILES string of the molecule is CCOC.COc1ccc(C2(C(=O)N(CCCc3ccc(Cl)s3)Cc3nc(C=O)c(C)s3)CC2)cc1. The quantitative estimate of drug-likeness (QED) is 0.262. The zero-order valence-corrected chi connectivity index (χ0v) is 23.6. The summed E-state index contributed by atoms with van der Waals surface area (Å²) in [6, 6.07) is 11.8. The molecule has 3 aromatic rings. The van der Waals surface area contributed by atoms with Crippen molar-refractivity contribution in [2.45, 2.75) is 51.5 Å². The number of aldehydes is 1. The van der Waals surface area contributed by atoms with E-state index < -0.39 is 5.41 Å². The van der Waals surface area contributed by atoms with Gasteiger partial charge in [0, 0.05) is 30.0 Å². The molecule has 1 saturated carbocycles. The number of nitrogens with zero attached hydrogens (tertiary/aromatic N) is 2. The highest BCUT2D eigenvalue weighted by Gasteiger charge is 2.53. The summed E-state index contributed by atoms with van der Waals surface area (Å²) in [6.07, 6.45) is 4.17. The molecule has 4 rings (SSSR count). The molecule has 0 aliphatic heterocycles. The molecular weight excluding hydrogens is 516 g/mol. The maximum absolute atomic E-state index is 13.8. The largest absolute Gasteiger partial charge is 0.497 e. The maximum atomic E-state index is 13.8. The van der Waals surface area contributed by atoms with Crippen LogP contribution in [0.1, 0.15) is 57.0 Å². The van der Waals surface area contributed by atoms with Crippen molar-refractivity contribution < 1.29 is 19.1 Å². The summed E-state index contributed by atoms with van der Waals surface area (Å²) in [7, 11) is 3.32. The highest BCUT2D eigenvalue weighted by molar-refractivity contribution is 7.16. The monoisotopic (exact) mass is 548 g/mol. The van der Waals surface area contributed by atoms with Gasteiger partial charge in [0.05, 0.1) is 23.4 Å². The number of ether oxygens (including phenoxy) is 2. The van der Waals surface area contributed by atoms with Crippen LogP contribution in [-0.4, -0.2) is 49.4 Å². The van der Waals surface area contributed by atoms with Crippen LogP contribution in [0.4, 0.5) is 0 Å². The first-order valence-electron chi connectivity index (χ1n) is 11.9. The smallest absolute Gasteiger partial charge is 0.233 e. The number of hydrogen-bond acceptors (Lipinski definition) is 7. The van der Waals surface area contributed by atoms with Crippen molar-refractivity contribution in [2.75, 3.05) is 27.4 Å². The fourth-order valence-electron chi connectivity index (χ4n) is 3.95. The van der Waals surface area contributed by atoms with Crippen LogP contribution >= 0.6 is 34.3 Å². The number of halogens is 1. The van der Waals surface area contributed by atoms with Gasteiger partial charge in [-0.15, -0.1) is 22.7 Å². The topological polar surface area (TPSA) is 68.7 Å². The minimum Gasteiger partial charge on any atom is -0.497 e. The van der Waals surface area contributed by atoms with E-state index in [2.05, 4.69) is 9.72 Å². The molecule has 0 bridgehead atoms. The molecule has 6 nitrogen and oxygen atoms in total. The van der Waals surface area contributed by atoms with Gasteiger partial charge >= 0.3 is 0 Å². The van der Waals surface area contributed by atoms with Crippen LogP contribution in [0, 0.1) is 6.92 Å². The summed E-state index contributed by atoms with van der Waals surface area (Å²) in [5.41, 5.74) is 1.02. The van der Waals surface area contributed by atoms with Gasteiger partial charge < -0.3 is 14.4 Å². The van der Waals surface area contributed by atoms with E-state index in [0.717, 1.165) is 64.1 Å². The van der Waals surface area contributed by atoms with Gasteiger partial charge in [-0.1, -0.05) is 23.7 Å². The number of aryl methyl sites for hydroxylation is 2. The average Bonchev–Trinajstić information content (AvgIpc) is 3.49. The summed E-state index contributed by atoms with van der Waals surface area (Å²) in [6.45, 7) is 5.71. The molecule has 0 atom stereocenters. The Morgan fingerprint density at radius 2 is 1.86 bits per heavy atom. The number of benzene rings is 1. The van der Waals surface area contributed by atoms with Gasteiger partial charge in [0.1, 0.15) is 16.5 Å². The van der Waals surface area contributed by atoms with E-state index >= 15 is 0 Å². The summed E-state index contributed by atoms with van der Waals surface area (Å²) in [5.74, 6) is 0.913. The lowest BCUT2D eigenvalue weighted by atomic mass is 9.94. The molecule has 1 aromatic carbocycles. The van der Waals surface area contributed by atoms with Crippen LogP contribution in [-0.2, 0) is 27.9 Å². The second-order valence-corrected chi connectivity index (χ2v) is 11.7. The minimum atomic E-state index is -0.474. The van der Waals surface area contributed by atoms with Gasteiger partial charge in [-0.25, -0.2) is 4.98 Å². The first kappa shape index (κ1) is 28.3. The van der Waals surface area contributed by atoms with E-state index in [4.69, 9.17) is 16.3 Å². The van der Waals surface area contributed by atoms with Crippen molar-refractivity contribution in [3.05, 3.63) is 66.8 Å². The number of hydrogen-bond donors (Lipinski definition) is 0. The summed E-state index contributed by atoms with van der Waals surface area (Å²) in [4.78, 5) is 33.5. The fourth-order valence-corrected chi connectivity index (χ4v) is 6.00. The minimum absolute atomic E-state index is 0.132. The molecule has 1 aliphatic carbocycles. The Kier molecular flexibility index (Phi) is 10.5. The molecular formula is C27H33ClN2O4S2. The third-order valence-electron chi connectivity index (χ3n) is 6.17. The highest BCUT2D eigenvalue weighted by atomic mass is 35.5. The Labute approximate surface area is 226 Å². The van der Waals surface area contributed by atoms with Gasteiger partial charge in [0.2, 0.25) is 5.91 Å². The van der Waals surface area contributed by atoms with E-state index in [1.807, 2.05) is 55.1 Å². The van der Waals surface area contributed by atoms with Crippen LogP contribution in [0.25, 0.3) is 0 Å². The van der Waals surface area contributed by atoms with Crippen molar-refractivity contribution >= 4 is 46.5 Å². The number of carbonyl (C=O) groups excluding carboxylic acids is 2. The predicted molar refractivity (Wildman–Crippen MR) is 147 cm³/mol. The van der Waals surface area contributed by atoms with Crippen LogP contribution in [0.5, 0.6) is 5.75 Å². The van der Waals surface area contributed by atoms with E-state index in [1.54, 1.807) is 25.6 Å². The standard InChI is InChI=1S/C24H25ClN2O3S2.C3H8O/c1-16-20(15-28)26-22(31-16)14-27(13-3-4-19-9-10-21(25)32-19)23(29)24(11-12-24)17-5-7-18(30-2)8-6-17;1-3-4-2/h5-10,15H,3-4,11-14H2,1-2H3;3H2,1-2H3. The lowest BCUT2D eigenvalue weighted by molar-refractivity contribution is -0.134. The number of amides is 1. The van der Waals surface area contributed by atoms with Gasteiger partial charge in [-0.3, -0.25) is 9.59 Å². The lowest BCUT2D eigenvalue weighted by Gasteiger charge is -2.27. The van der Waals surface area contributed by atoms with Crippen LogP contribution in [0.2, 0.25) is 4.34 Å². The number of thiophene rings is 1. The van der Waals surface area contributed by atoms with E-state index in [0.29, 0.717) is 18.8 Å². The summed E-state index contributed by atoms with van der Waals surface area (Å²) < 4.78 is 10.6. The molecule has 2 aromatic heterocycles. The molecule has 0 N–H and O–H groups in total. The first-order chi connectivity index (χ1) is 17.4. The Morgan fingerprint density at radius 3 is 2.36 bits per heavy atom. The van der Waals surface area contributed by atoms with Crippen molar-refractivity contribution in [1.82, 2.24) is 9.88 Å². The normalized spacial score (nSPS) is 13.5. The molecule has 0 unspecified atom stereocenters. The van der Waals surface area contributed by atoms with Crippen molar-refractivity contribution in [1.29, 1.82) is 0 Å². The molecule has 1 amide bonds. The molecule has 2 heterocycles. The van der Waals surface area contributed by atoms with Gasteiger partial charge in [0.15, 0.2) is 6.29 Å². The molecule has 0 spiro atoms. The van der Waals surface area contributed by atoms with Gasteiger partial charge in [-0.2, -0.15) is 0 Å². The zero-order chi connectivity index (χ0) is 26.1. The van der Waals surface area contributed by atoms with Crippen LogP contribution in [0.15, 0.2) is 36.4 Å². The van der Waals surface area contributed by atoms with E-state index in [1.165, 1.54) is 16.2 Å². The predicted octanol–water partition coefficient (Wildman–Crippen LogP) is 6.33. The van der Waals surface area contributed by atoms with Crippen molar-refractivity contribution in [3.8, 4) is 5.75 Å². The molecule has 1 fully saturated rings. The highest BCUT2D eigenvalue weighted by Crippen LogP contribution is 2.50. The molecule has 36 heavy (non-hydrogen) atoms. The number of rotatable bonds is 11. The van der Waals surface area contributed by atoms with E-state index in [-0.39, 0.29) is 5.91 Å². The molecule has 0 saturated heterocycles. The van der Waals surface area contributed by atoms with Gasteiger partial charge in [-0.05, 0) is 69.4 Å².